The Balaban J connectivity index is 2.14. The van der Waals surface area contributed by atoms with Gasteiger partial charge in [-0.15, -0.1) is 16.4 Å². The highest BCUT2D eigenvalue weighted by atomic mass is 32.1. The summed E-state index contributed by atoms with van der Waals surface area (Å²) >= 11 is 2.65. The molecule has 5 nitrogen and oxygen atoms in total. The standard InChI is InChI=1S/C11H13N3O2S2/c1-7(6-16-2)12-11(15)10-9(13-14-18-10)8-4-3-5-17-8/h3-5,7H,6H2,1-2H3,(H,12,15)/t7-/m0/s1. The predicted molar refractivity (Wildman–Crippen MR) is 72.0 cm³/mol. The molecule has 1 amide bonds. The molecule has 1 N–H and O–H groups in total. The average Bonchev–Trinajstić information content (AvgIpc) is 3.00. The molecule has 0 bridgehead atoms. The fourth-order valence-electron chi connectivity index (χ4n) is 1.50. The van der Waals surface area contributed by atoms with Crippen molar-refractivity contribution < 1.29 is 9.53 Å². The van der Waals surface area contributed by atoms with Crippen molar-refractivity contribution in [1.29, 1.82) is 0 Å². The molecule has 0 radical (unpaired) electrons. The van der Waals surface area contributed by atoms with Crippen molar-refractivity contribution in [2.75, 3.05) is 13.7 Å². The Hall–Kier alpha value is -1.31. The quantitative estimate of drug-likeness (QED) is 0.912. The molecule has 0 aliphatic heterocycles. The minimum Gasteiger partial charge on any atom is -0.383 e. The maximum atomic E-state index is 12.1. The number of thiophene rings is 1. The fourth-order valence-corrected chi connectivity index (χ4v) is 2.86. The van der Waals surface area contributed by atoms with E-state index in [9.17, 15) is 4.79 Å². The minimum absolute atomic E-state index is 0.0409. The molecule has 0 aliphatic rings. The van der Waals surface area contributed by atoms with Crippen molar-refractivity contribution in [1.82, 2.24) is 14.9 Å². The second kappa shape index (κ2) is 6.03. The number of nitrogens with one attached hydrogen (secondary N) is 1. The molecule has 7 heteroatoms. The number of hydrogen-bond acceptors (Lipinski definition) is 6. The van der Waals surface area contributed by atoms with Crippen LogP contribution in [0.2, 0.25) is 0 Å². The second-order valence-electron chi connectivity index (χ2n) is 3.76. The maximum Gasteiger partial charge on any atom is 0.265 e. The summed E-state index contributed by atoms with van der Waals surface area (Å²) < 4.78 is 8.84. The molecule has 1 atom stereocenters. The highest BCUT2D eigenvalue weighted by Gasteiger charge is 2.19. The predicted octanol–water partition coefficient (Wildman–Crippen LogP) is 2.03. The van der Waals surface area contributed by atoms with Crippen molar-refractivity contribution in [3.05, 3.63) is 22.4 Å². The molecule has 0 saturated carbocycles. The fraction of sp³-hybridized carbons (Fsp3) is 0.364. The van der Waals surface area contributed by atoms with Crippen LogP contribution in [0.25, 0.3) is 10.6 Å². The van der Waals surface area contributed by atoms with Gasteiger partial charge in [0.25, 0.3) is 5.91 Å². The summed E-state index contributed by atoms with van der Waals surface area (Å²) in [6.07, 6.45) is 0. The molecule has 2 rings (SSSR count). The first-order valence-corrected chi connectivity index (χ1v) is 7.03. The van der Waals surface area contributed by atoms with Crippen LogP contribution in [0.4, 0.5) is 0 Å². The molecule has 0 aliphatic carbocycles. The Kier molecular flexibility index (Phi) is 4.40. The summed E-state index contributed by atoms with van der Waals surface area (Å²) in [5.74, 6) is -0.155. The summed E-state index contributed by atoms with van der Waals surface area (Å²) in [6, 6.07) is 3.81. The van der Waals surface area contributed by atoms with E-state index < -0.39 is 0 Å². The zero-order valence-electron chi connectivity index (χ0n) is 10.0. The number of ether oxygens (including phenoxy) is 1. The van der Waals surface area contributed by atoms with E-state index in [1.165, 1.54) is 0 Å². The van der Waals surface area contributed by atoms with E-state index in [1.807, 2.05) is 24.4 Å². The molecule has 2 aromatic rings. The lowest BCUT2D eigenvalue weighted by atomic mass is 10.2. The summed E-state index contributed by atoms with van der Waals surface area (Å²) in [5.41, 5.74) is 0.650. The van der Waals surface area contributed by atoms with Crippen molar-refractivity contribution in [2.45, 2.75) is 13.0 Å². The Morgan fingerprint density at radius 2 is 2.44 bits per heavy atom. The Morgan fingerprint density at radius 3 is 3.11 bits per heavy atom. The zero-order chi connectivity index (χ0) is 13.0. The Labute approximate surface area is 113 Å². The van der Waals surface area contributed by atoms with Gasteiger partial charge in [-0.2, -0.15) is 0 Å². The van der Waals surface area contributed by atoms with Gasteiger partial charge in [-0.3, -0.25) is 4.79 Å². The van der Waals surface area contributed by atoms with E-state index in [2.05, 4.69) is 14.9 Å². The van der Waals surface area contributed by atoms with Gasteiger partial charge in [-0.1, -0.05) is 10.6 Å². The van der Waals surface area contributed by atoms with Gasteiger partial charge in [0.2, 0.25) is 0 Å². The van der Waals surface area contributed by atoms with Gasteiger partial charge in [0.05, 0.1) is 11.5 Å². The van der Waals surface area contributed by atoms with Gasteiger partial charge in [0, 0.05) is 13.2 Å². The third-order valence-electron chi connectivity index (χ3n) is 2.24. The number of carbonyl (C=O) groups excluding carboxylic acids is 1. The highest BCUT2D eigenvalue weighted by molar-refractivity contribution is 7.14. The first-order valence-electron chi connectivity index (χ1n) is 5.38. The Bertz CT molecular complexity index is 510. The van der Waals surface area contributed by atoms with Crippen LogP contribution < -0.4 is 5.32 Å². The van der Waals surface area contributed by atoms with E-state index in [4.69, 9.17) is 4.74 Å². The van der Waals surface area contributed by atoms with Gasteiger partial charge >= 0.3 is 0 Å². The topological polar surface area (TPSA) is 64.1 Å². The molecule has 2 aromatic heterocycles. The van der Waals surface area contributed by atoms with E-state index in [-0.39, 0.29) is 11.9 Å². The third-order valence-corrected chi connectivity index (χ3v) is 3.84. The van der Waals surface area contributed by atoms with Crippen molar-refractivity contribution in [3.8, 4) is 10.6 Å². The van der Waals surface area contributed by atoms with Crippen LogP contribution in [0.15, 0.2) is 17.5 Å². The lowest BCUT2D eigenvalue weighted by Gasteiger charge is -2.11. The summed E-state index contributed by atoms with van der Waals surface area (Å²) in [4.78, 5) is 13.6. The number of methoxy groups -OCH3 is 1. The van der Waals surface area contributed by atoms with E-state index in [0.29, 0.717) is 17.2 Å². The van der Waals surface area contributed by atoms with Crippen LogP contribution in [0.1, 0.15) is 16.6 Å². The van der Waals surface area contributed by atoms with Gasteiger partial charge in [0.1, 0.15) is 10.6 Å². The SMILES string of the molecule is COC[C@H](C)NC(=O)c1snnc1-c1cccs1. The largest absolute Gasteiger partial charge is 0.383 e. The Morgan fingerprint density at radius 1 is 1.61 bits per heavy atom. The maximum absolute atomic E-state index is 12.1. The summed E-state index contributed by atoms with van der Waals surface area (Å²) in [5, 5.41) is 8.82. The first kappa shape index (κ1) is 13.1. The van der Waals surface area contributed by atoms with Crippen LogP contribution in [0, 0.1) is 0 Å². The average molecular weight is 283 g/mol. The molecule has 0 unspecified atom stereocenters. The van der Waals surface area contributed by atoms with Crippen molar-refractivity contribution in [3.63, 3.8) is 0 Å². The van der Waals surface area contributed by atoms with Crippen molar-refractivity contribution >= 4 is 28.8 Å². The lowest BCUT2D eigenvalue weighted by molar-refractivity contribution is 0.0910. The molecule has 18 heavy (non-hydrogen) atoms. The van der Waals surface area contributed by atoms with E-state index in [1.54, 1.807) is 18.4 Å². The van der Waals surface area contributed by atoms with E-state index >= 15 is 0 Å². The number of nitrogens with zero attached hydrogens (tertiary/aromatic N) is 2. The van der Waals surface area contributed by atoms with Gasteiger partial charge in [-0.05, 0) is 29.9 Å². The van der Waals surface area contributed by atoms with Gasteiger partial charge < -0.3 is 10.1 Å². The second-order valence-corrected chi connectivity index (χ2v) is 5.46. The highest BCUT2D eigenvalue weighted by Crippen LogP contribution is 2.27. The molecule has 2 heterocycles. The zero-order valence-corrected chi connectivity index (χ0v) is 11.7. The number of rotatable bonds is 5. The molecule has 0 saturated heterocycles. The molecule has 0 fully saturated rings. The van der Waals surface area contributed by atoms with Crippen LogP contribution >= 0.6 is 22.9 Å². The smallest absolute Gasteiger partial charge is 0.265 e. The number of hydrogen-bond donors (Lipinski definition) is 1. The van der Waals surface area contributed by atoms with Crippen LogP contribution in [-0.4, -0.2) is 35.3 Å². The monoisotopic (exact) mass is 283 g/mol. The van der Waals surface area contributed by atoms with Crippen LogP contribution in [0.5, 0.6) is 0 Å². The minimum atomic E-state index is -0.155. The molecule has 0 spiro atoms. The molecule has 96 valence electrons. The van der Waals surface area contributed by atoms with Crippen molar-refractivity contribution in [2.24, 2.45) is 0 Å². The molecular formula is C11H13N3O2S2. The summed E-state index contributed by atoms with van der Waals surface area (Å²) in [6.45, 7) is 2.37. The van der Waals surface area contributed by atoms with Crippen LogP contribution in [0.3, 0.4) is 0 Å². The van der Waals surface area contributed by atoms with Crippen LogP contribution in [-0.2, 0) is 4.74 Å². The lowest BCUT2D eigenvalue weighted by Crippen LogP contribution is -2.35. The van der Waals surface area contributed by atoms with Gasteiger partial charge in [-0.25, -0.2) is 0 Å². The summed E-state index contributed by atoms with van der Waals surface area (Å²) in [7, 11) is 1.61. The van der Waals surface area contributed by atoms with E-state index in [0.717, 1.165) is 16.4 Å². The normalized spacial score (nSPS) is 12.3. The molecule has 0 aromatic carbocycles. The number of amides is 1. The van der Waals surface area contributed by atoms with Gasteiger partial charge in [0.15, 0.2) is 0 Å². The molecular weight excluding hydrogens is 270 g/mol. The third kappa shape index (κ3) is 2.92. The number of carbonyl (C=O) groups is 1. The number of aromatic nitrogens is 2. The first-order chi connectivity index (χ1) is 8.72.